The molecule has 3 atom stereocenters. The Labute approximate surface area is 306 Å². The molecule has 3 aromatic carbocycles. The fourth-order valence-electron chi connectivity index (χ4n) is 7.52. The predicted molar refractivity (Wildman–Crippen MR) is 191 cm³/mol. The molecule has 2 amide bonds. The number of hydrogen-bond donors (Lipinski definition) is 2. The van der Waals surface area contributed by atoms with E-state index >= 15 is 0 Å². The lowest BCUT2D eigenvalue weighted by Gasteiger charge is -2.35. The van der Waals surface area contributed by atoms with Crippen LogP contribution in [0.25, 0.3) is 0 Å². The Kier molecular flexibility index (Phi) is 13.5. The Bertz CT molecular complexity index is 1610. The van der Waals surface area contributed by atoms with Gasteiger partial charge in [-0.05, 0) is 74.9 Å². The van der Waals surface area contributed by atoms with Gasteiger partial charge in [0.05, 0.1) is 10.9 Å². The first-order valence-corrected chi connectivity index (χ1v) is 20.6. The van der Waals surface area contributed by atoms with Gasteiger partial charge in [-0.3, -0.25) is 9.59 Å². The van der Waals surface area contributed by atoms with Gasteiger partial charge in [0.15, 0.2) is 24.8 Å². The molecule has 7 nitrogen and oxygen atoms in total. The van der Waals surface area contributed by atoms with Gasteiger partial charge < -0.3 is 15.2 Å². The molecule has 0 spiro atoms. The second-order valence-electron chi connectivity index (χ2n) is 13.9. The van der Waals surface area contributed by atoms with Crippen LogP contribution < -0.4 is 10.6 Å². The van der Waals surface area contributed by atoms with E-state index in [0.717, 1.165) is 51.4 Å². The summed E-state index contributed by atoms with van der Waals surface area (Å²) in [6.45, 7) is 0. The van der Waals surface area contributed by atoms with Gasteiger partial charge in [-0.15, -0.1) is 0 Å². The summed E-state index contributed by atoms with van der Waals surface area (Å²) in [7, 11) is -6.71. The molecular formula is C39H46F4N2O5S2. The Morgan fingerprint density at radius 1 is 0.615 bits per heavy atom. The lowest BCUT2D eigenvalue weighted by molar-refractivity contribution is -0.201. The van der Waals surface area contributed by atoms with Crippen LogP contribution in [0.5, 0.6) is 0 Å². The van der Waals surface area contributed by atoms with E-state index in [9.17, 15) is 40.1 Å². The second kappa shape index (κ2) is 17.6. The Morgan fingerprint density at radius 2 is 1.00 bits per heavy atom. The van der Waals surface area contributed by atoms with E-state index in [1.54, 1.807) is 0 Å². The molecule has 3 fully saturated rings. The molecule has 2 N–H and O–H groups in total. The fraction of sp³-hybridized carbons (Fsp3) is 0.487. The van der Waals surface area contributed by atoms with Gasteiger partial charge in [0.2, 0.25) is 11.8 Å². The zero-order valence-electron chi connectivity index (χ0n) is 28.9. The lowest BCUT2D eigenvalue weighted by Crippen LogP contribution is -2.54. The summed E-state index contributed by atoms with van der Waals surface area (Å²) in [6.07, 6.45) is 6.90. The first kappa shape index (κ1) is 39.8. The van der Waals surface area contributed by atoms with E-state index < -0.39 is 63.7 Å². The number of rotatable bonds is 10. The fourth-order valence-corrected chi connectivity index (χ4v) is 10.1. The molecule has 52 heavy (non-hydrogen) atoms. The summed E-state index contributed by atoms with van der Waals surface area (Å²) in [5.74, 6) is -12.1. The number of nitrogens with one attached hydrogen (secondary N) is 2. The van der Waals surface area contributed by atoms with Crippen molar-refractivity contribution in [2.75, 3.05) is 0 Å². The number of amides is 2. The highest BCUT2D eigenvalue weighted by Crippen LogP contribution is 2.53. The maximum absolute atomic E-state index is 14.8. The molecule has 0 bridgehead atoms. The molecule has 0 aliphatic heterocycles. The van der Waals surface area contributed by atoms with Crippen molar-refractivity contribution in [3.8, 4) is 0 Å². The van der Waals surface area contributed by atoms with E-state index in [4.69, 9.17) is 0 Å². The number of carbonyl (C=O) groups excluding carboxylic acids is 2. The number of halogens is 4. The van der Waals surface area contributed by atoms with Crippen molar-refractivity contribution in [1.82, 2.24) is 10.6 Å². The van der Waals surface area contributed by atoms with E-state index in [1.807, 2.05) is 0 Å². The molecule has 3 aromatic rings. The summed E-state index contributed by atoms with van der Waals surface area (Å²) >= 11 is 0. The Morgan fingerprint density at radius 3 is 1.38 bits per heavy atom. The summed E-state index contributed by atoms with van der Waals surface area (Å²) in [5.41, 5.74) is 0. The highest BCUT2D eigenvalue weighted by molar-refractivity contribution is 7.97. The van der Waals surface area contributed by atoms with Crippen LogP contribution in [-0.4, -0.2) is 48.0 Å². The minimum Gasteiger partial charge on any atom is -0.743 e. The number of carbonyl (C=O) groups is 2. The molecule has 282 valence electrons. The van der Waals surface area contributed by atoms with Crippen LogP contribution in [-0.2, 0) is 30.6 Å². The Hall–Kier alpha value is -3.42. The van der Waals surface area contributed by atoms with Crippen LogP contribution in [0.2, 0.25) is 0 Å². The van der Waals surface area contributed by atoms with E-state index in [-0.39, 0.29) is 23.0 Å². The van der Waals surface area contributed by atoms with Crippen molar-refractivity contribution in [2.45, 2.75) is 115 Å². The maximum atomic E-state index is 14.8. The minimum atomic E-state index is -6.70. The zero-order chi connectivity index (χ0) is 37.4. The molecule has 13 heteroatoms. The SMILES string of the molecule is O=C(NC1CCCCC1)C1CC(C(=O)NC2CCCCC2)C(C(F)(F)C(F)(F)S(=O)(=O)[O-])C1.c1ccc([S+](c2ccccc2)c2ccccc2)cc1. The third-order valence-corrected chi connectivity index (χ3v) is 13.4. The van der Waals surface area contributed by atoms with Crippen molar-refractivity contribution in [3.05, 3.63) is 91.0 Å². The van der Waals surface area contributed by atoms with Crippen LogP contribution in [0.1, 0.15) is 77.0 Å². The van der Waals surface area contributed by atoms with E-state index in [2.05, 4.69) is 102 Å². The molecular weight excluding hydrogens is 717 g/mol. The average Bonchev–Trinajstić information content (AvgIpc) is 3.61. The minimum absolute atomic E-state index is 0.0146. The predicted octanol–water partition coefficient (Wildman–Crippen LogP) is 8.08. The van der Waals surface area contributed by atoms with Crippen LogP contribution >= 0.6 is 0 Å². The van der Waals surface area contributed by atoms with Crippen LogP contribution in [0.4, 0.5) is 17.6 Å². The molecule has 3 aliphatic carbocycles. The number of hydrogen-bond acceptors (Lipinski definition) is 5. The monoisotopic (exact) mass is 762 g/mol. The molecule has 0 saturated heterocycles. The highest BCUT2D eigenvalue weighted by atomic mass is 32.2. The maximum Gasteiger partial charge on any atom is 0.396 e. The largest absolute Gasteiger partial charge is 0.743 e. The van der Waals surface area contributed by atoms with Crippen molar-refractivity contribution >= 4 is 32.8 Å². The first-order chi connectivity index (χ1) is 24.8. The molecule has 3 saturated carbocycles. The van der Waals surface area contributed by atoms with Crippen molar-refractivity contribution in [2.24, 2.45) is 17.8 Å². The van der Waals surface area contributed by atoms with Gasteiger partial charge >= 0.3 is 11.2 Å². The van der Waals surface area contributed by atoms with Gasteiger partial charge in [-0.2, -0.15) is 17.6 Å². The van der Waals surface area contributed by atoms with Crippen LogP contribution in [0, 0.1) is 17.8 Å². The van der Waals surface area contributed by atoms with Crippen molar-refractivity contribution < 1.29 is 40.1 Å². The summed E-state index contributed by atoms with van der Waals surface area (Å²) < 4.78 is 90.7. The van der Waals surface area contributed by atoms with E-state index in [0.29, 0.717) is 12.8 Å². The second-order valence-corrected chi connectivity index (χ2v) is 17.4. The normalized spacial score (nSPS) is 21.9. The van der Waals surface area contributed by atoms with Crippen LogP contribution in [0.3, 0.4) is 0 Å². The Balaban J connectivity index is 0.000000231. The number of benzene rings is 3. The molecule has 0 radical (unpaired) electrons. The third kappa shape index (κ3) is 9.57. The molecule has 3 unspecified atom stereocenters. The first-order valence-electron chi connectivity index (χ1n) is 18.0. The van der Waals surface area contributed by atoms with Crippen molar-refractivity contribution in [1.29, 1.82) is 0 Å². The van der Waals surface area contributed by atoms with Gasteiger partial charge in [-0.1, -0.05) is 93.1 Å². The molecule has 0 heterocycles. The summed E-state index contributed by atoms with van der Waals surface area (Å²) in [4.78, 5) is 29.7. The van der Waals surface area contributed by atoms with Gasteiger partial charge in [0.1, 0.15) is 0 Å². The molecule has 3 aliphatic rings. The molecule has 0 aromatic heterocycles. The molecule has 6 rings (SSSR count). The highest BCUT2D eigenvalue weighted by Gasteiger charge is 2.69. The van der Waals surface area contributed by atoms with Gasteiger partial charge in [0, 0.05) is 29.8 Å². The lowest BCUT2D eigenvalue weighted by atomic mass is 9.88. The summed E-state index contributed by atoms with van der Waals surface area (Å²) in [6, 6.07) is 31.7. The standard InChI is InChI=1S/C21H32F4N2O5S.C18H15S/c22-20(23,21(24,25)33(30,31)32)17-12-13(18(28)26-14-7-3-1-4-8-14)11-16(17)19(29)27-15-9-5-2-6-10-15;1-4-10-16(11-5-1)19(17-12-6-2-7-13-17)18-14-8-3-9-15-18/h13-17H,1-12H2,(H,26,28)(H,27,29)(H,30,31,32);1-15H/q;+1/p-1. The smallest absolute Gasteiger partial charge is 0.396 e. The number of alkyl halides is 4. The van der Waals surface area contributed by atoms with Gasteiger partial charge in [0.25, 0.3) is 0 Å². The summed E-state index contributed by atoms with van der Waals surface area (Å²) in [5, 5.41) is -0.523. The quantitative estimate of drug-likeness (QED) is 0.123. The van der Waals surface area contributed by atoms with Crippen molar-refractivity contribution in [3.63, 3.8) is 0 Å². The van der Waals surface area contributed by atoms with Gasteiger partial charge in [-0.25, -0.2) is 8.42 Å². The van der Waals surface area contributed by atoms with Crippen LogP contribution in [0.15, 0.2) is 106 Å². The third-order valence-electron chi connectivity index (χ3n) is 10.3. The average molecular weight is 763 g/mol. The van der Waals surface area contributed by atoms with E-state index in [1.165, 1.54) is 14.7 Å². The zero-order valence-corrected chi connectivity index (χ0v) is 30.5. The topological polar surface area (TPSA) is 115 Å².